The number of ether oxygens (including phenoxy) is 1. The van der Waals surface area contributed by atoms with E-state index in [4.69, 9.17) is 9.15 Å². The molecule has 0 bridgehead atoms. The number of carbonyl (C=O) groups is 1. The second-order valence-corrected chi connectivity index (χ2v) is 7.92. The minimum absolute atomic E-state index is 0.0199. The molecule has 1 saturated carbocycles. The summed E-state index contributed by atoms with van der Waals surface area (Å²) < 4.78 is 37.6. The maximum absolute atomic E-state index is 12.2. The molecule has 1 aromatic carbocycles. The van der Waals surface area contributed by atoms with Crippen molar-refractivity contribution in [2.75, 3.05) is 6.54 Å². The Hall–Kier alpha value is -2.32. The Morgan fingerprint density at radius 1 is 1.16 bits per heavy atom. The van der Waals surface area contributed by atoms with E-state index in [-0.39, 0.29) is 23.0 Å². The summed E-state index contributed by atoms with van der Waals surface area (Å²) >= 11 is 0. The summed E-state index contributed by atoms with van der Waals surface area (Å²) in [6.07, 6.45) is 2.24. The Morgan fingerprint density at radius 3 is 2.72 bits per heavy atom. The number of benzene rings is 1. The summed E-state index contributed by atoms with van der Waals surface area (Å²) in [6, 6.07) is 10.4. The molecule has 7 nitrogen and oxygen atoms in total. The Labute approximate surface area is 145 Å². The molecule has 25 heavy (non-hydrogen) atoms. The first-order chi connectivity index (χ1) is 12.0. The number of hydrogen-bond donors (Lipinski definition) is 2. The van der Waals surface area contributed by atoms with Gasteiger partial charge in [0.1, 0.15) is 11.9 Å². The number of para-hydroxylation sites is 1. The van der Waals surface area contributed by atoms with Crippen LogP contribution in [0.15, 0.2) is 45.9 Å². The minimum atomic E-state index is -3.70. The number of sulfonamides is 1. The quantitative estimate of drug-likeness (QED) is 0.811. The van der Waals surface area contributed by atoms with Gasteiger partial charge >= 0.3 is 0 Å². The highest BCUT2D eigenvalue weighted by Crippen LogP contribution is 2.28. The number of hydrogen-bond acceptors (Lipinski definition) is 5. The normalized spacial score (nSPS) is 19.3. The van der Waals surface area contributed by atoms with Crippen molar-refractivity contribution in [3.63, 3.8) is 0 Å². The minimum Gasteiger partial charge on any atom is -0.488 e. The number of furan rings is 1. The van der Waals surface area contributed by atoms with Crippen LogP contribution in [0.5, 0.6) is 5.75 Å². The van der Waals surface area contributed by atoms with Gasteiger partial charge in [0, 0.05) is 12.5 Å². The molecular weight excluding hydrogens is 344 g/mol. The summed E-state index contributed by atoms with van der Waals surface area (Å²) in [5, 5.41) is 2.48. The predicted octanol–water partition coefficient (Wildman–Crippen LogP) is 1.45. The van der Waals surface area contributed by atoms with Crippen LogP contribution in [0.4, 0.5) is 0 Å². The van der Waals surface area contributed by atoms with Crippen molar-refractivity contribution in [3.05, 3.63) is 47.7 Å². The average molecular weight is 362 g/mol. The lowest BCUT2D eigenvalue weighted by molar-refractivity contribution is 0.0900. The molecule has 132 valence electrons. The zero-order chi connectivity index (χ0) is 17.4. The van der Waals surface area contributed by atoms with Crippen LogP contribution in [0, 0.1) is 0 Å². The van der Waals surface area contributed by atoms with Crippen molar-refractivity contribution in [2.24, 2.45) is 0 Å². The third-order valence-electron chi connectivity index (χ3n) is 4.17. The number of fused-ring (bicyclic) bond motifs is 1. The molecule has 1 aliphatic heterocycles. The number of rotatable bonds is 6. The molecule has 2 aliphatic rings. The Bertz CT molecular complexity index is 876. The van der Waals surface area contributed by atoms with Gasteiger partial charge in [0.2, 0.25) is 5.09 Å². The third kappa shape index (κ3) is 3.54. The molecule has 1 aliphatic carbocycles. The molecule has 0 spiro atoms. The molecule has 2 aromatic rings. The summed E-state index contributed by atoms with van der Waals surface area (Å²) in [4.78, 5) is 12.2. The first-order valence-corrected chi connectivity index (χ1v) is 9.64. The summed E-state index contributed by atoms with van der Waals surface area (Å²) in [5.74, 6) is 0.332. The highest BCUT2D eigenvalue weighted by molar-refractivity contribution is 7.89. The number of amides is 1. The molecule has 2 heterocycles. The maximum Gasteiger partial charge on any atom is 0.287 e. The zero-order valence-electron chi connectivity index (χ0n) is 13.4. The number of carbonyl (C=O) groups excluding carboxylic acids is 1. The Morgan fingerprint density at radius 2 is 1.96 bits per heavy atom. The molecule has 2 N–H and O–H groups in total. The van der Waals surface area contributed by atoms with E-state index in [0.29, 0.717) is 6.54 Å². The van der Waals surface area contributed by atoms with Crippen LogP contribution in [0.1, 0.15) is 29.0 Å². The van der Waals surface area contributed by atoms with Crippen LogP contribution in [-0.4, -0.2) is 33.0 Å². The van der Waals surface area contributed by atoms with Crippen LogP contribution in [0.25, 0.3) is 0 Å². The lowest BCUT2D eigenvalue weighted by Gasteiger charge is -2.11. The molecular formula is C17H18N2O5S. The van der Waals surface area contributed by atoms with E-state index in [0.717, 1.165) is 30.6 Å². The predicted molar refractivity (Wildman–Crippen MR) is 88.9 cm³/mol. The van der Waals surface area contributed by atoms with Gasteiger partial charge in [0.25, 0.3) is 15.9 Å². The lowest BCUT2D eigenvalue weighted by Crippen LogP contribution is -2.34. The van der Waals surface area contributed by atoms with Gasteiger partial charge in [0.05, 0.1) is 6.54 Å². The van der Waals surface area contributed by atoms with Crippen LogP contribution < -0.4 is 14.8 Å². The second-order valence-electron chi connectivity index (χ2n) is 6.28. The van der Waals surface area contributed by atoms with E-state index < -0.39 is 15.9 Å². The van der Waals surface area contributed by atoms with E-state index in [9.17, 15) is 13.2 Å². The maximum atomic E-state index is 12.2. The summed E-state index contributed by atoms with van der Waals surface area (Å²) in [7, 11) is -3.70. The molecule has 1 aromatic heterocycles. The average Bonchev–Trinajstić information content (AvgIpc) is 3.12. The molecule has 1 atom stereocenters. The monoisotopic (exact) mass is 362 g/mol. The zero-order valence-corrected chi connectivity index (χ0v) is 14.2. The molecule has 4 rings (SSSR count). The van der Waals surface area contributed by atoms with Crippen LogP contribution >= 0.6 is 0 Å². The van der Waals surface area contributed by atoms with Crippen molar-refractivity contribution in [2.45, 2.75) is 36.5 Å². The van der Waals surface area contributed by atoms with Crippen molar-refractivity contribution in [1.29, 1.82) is 0 Å². The molecule has 8 heteroatoms. The van der Waals surface area contributed by atoms with Gasteiger partial charge in [0.15, 0.2) is 5.76 Å². The van der Waals surface area contributed by atoms with Crippen molar-refractivity contribution in [1.82, 2.24) is 10.0 Å². The fourth-order valence-electron chi connectivity index (χ4n) is 2.73. The molecule has 0 saturated heterocycles. The highest BCUT2D eigenvalue weighted by atomic mass is 32.2. The van der Waals surface area contributed by atoms with Crippen molar-refractivity contribution < 1.29 is 22.4 Å². The van der Waals surface area contributed by atoms with Gasteiger partial charge in [-0.05, 0) is 36.6 Å². The van der Waals surface area contributed by atoms with Gasteiger partial charge in [-0.3, -0.25) is 4.79 Å². The fourth-order valence-corrected chi connectivity index (χ4v) is 3.96. The van der Waals surface area contributed by atoms with Crippen LogP contribution in [0.2, 0.25) is 0 Å². The van der Waals surface area contributed by atoms with E-state index in [2.05, 4.69) is 10.0 Å². The summed E-state index contributed by atoms with van der Waals surface area (Å²) in [5.41, 5.74) is 1.11. The van der Waals surface area contributed by atoms with Crippen molar-refractivity contribution in [3.8, 4) is 5.75 Å². The number of nitrogens with one attached hydrogen (secondary N) is 2. The first kappa shape index (κ1) is 16.2. The van der Waals surface area contributed by atoms with Gasteiger partial charge in [-0.2, -0.15) is 0 Å². The van der Waals surface area contributed by atoms with E-state index in [1.54, 1.807) is 0 Å². The lowest BCUT2D eigenvalue weighted by atomic mass is 10.1. The first-order valence-electron chi connectivity index (χ1n) is 8.16. The largest absolute Gasteiger partial charge is 0.488 e. The molecule has 0 unspecified atom stereocenters. The third-order valence-corrected chi connectivity index (χ3v) is 5.57. The topological polar surface area (TPSA) is 97.6 Å². The van der Waals surface area contributed by atoms with Gasteiger partial charge in [-0.15, -0.1) is 0 Å². The van der Waals surface area contributed by atoms with E-state index >= 15 is 0 Å². The highest BCUT2D eigenvalue weighted by Gasteiger charge is 2.30. The summed E-state index contributed by atoms with van der Waals surface area (Å²) in [6.45, 7) is 0.316. The smallest absolute Gasteiger partial charge is 0.287 e. The SMILES string of the molecule is O=C(NC[C@@H]1Cc2ccccc2O1)c1ccc(S(=O)(=O)NC2CC2)o1. The Kier molecular flexibility index (Phi) is 4.01. The Balaban J connectivity index is 1.34. The molecule has 0 radical (unpaired) electrons. The standard InChI is InChI=1S/C17H18N2O5S/c20-17(18-10-13-9-11-3-1-2-4-14(11)23-13)15-7-8-16(24-15)25(21,22)19-12-5-6-12/h1-4,7-8,12-13,19H,5-6,9-10H2,(H,18,20)/t13-/m0/s1. The van der Waals surface area contributed by atoms with E-state index in [1.165, 1.54) is 12.1 Å². The second kappa shape index (κ2) is 6.20. The van der Waals surface area contributed by atoms with Gasteiger partial charge < -0.3 is 14.5 Å². The fraction of sp³-hybridized carbons (Fsp3) is 0.353. The van der Waals surface area contributed by atoms with E-state index in [1.807, 2.05) is 24.3 Å². The van der Waals surface area contributed by atoms with Crippen molar-refractivity contribution >= 4 is 15.9 Å². The van der Waals surface area contributed by atoms with Gasteiger partial charge in [-0.25, -0.2) is 13.1 Å². The van der Waals surface area contributed by atoms with Crippen LogP contribution in [-0.2, 0) is 16.4 Å². The van der Waals surface area contributed by atoms with Gasteiger partial charge in [-0.1, -0.05) is 18.2 Å². The molecule has 1 amide bonds. The molecule has 1 fully saturated rings. The van der Waals surface area contributed by atoms with Crippen LogP contribution in [0.3, 0.4) is 0 Å².